The van der Waals surface area contributed by atoms with Gasteiger partial charge in [0.1, 0.15) is 5.82 Å². The Labute approximate surface area is 146 Å². The maximum atomic E-state index is 13.2. The van der Waals surface area contributed by atoms with Gasteiger partial charge in [-0.2, -0.15) is 5.10 Å². The molecule has 1 aromatic heterocycles. The molecular weight excluding hydrogens is 310 g/mol. The van der Waals surface area contributed by atoms with Crippen LogP contribution in [0.4, 0.5) is 5.82 Å². The van der Waals surface area contributed by atoms with E-state index in [1.165, 1.54) is 22.3 Å². The smallest absolute Gasteiger partial charge is 0.232 e. The summed E-state index contributed by atoms with van der Waals surface area (Å²) in [4.78, 5) is 13.2. The first kappa shape index (κ1) is 14.5. The van der Waals surface area contributed by atoms with Crippen molar-refractivity contribution in [2.24, 2.45) is 5.41 Å². The molecule has 0 fully saturated rings. The molecule has 2 aromatic carbocycles. The fourth-order valence-corrected chi connectivity index (χ4v) is 4.78. The molecule has 1 amide bonds. The molecule has 4 heteroatoms. The Balaban J connectivity index is 1.65. The van der Waals surface area contributed by atoms with E-state index in [1.807, 2.05) is 0 Å². The summed E-state index contributed by atoms with van der Waals surface area (Å²) in [6.07, 6.45) is 2.47. The van der Waals surface area contributed by atoms with Crippen LogP contribution in [0, 0.1) is 5.41 Å². The SMILES string of the molecule is C[C@@]1(C(=O)Nc2ccn[nH]2)CC2c3ccccc3C1c1ccccc12. The number of H-pyrrole nitrogens is 1. The second kappa shape index (κ2) is 5.06. The van der Waals surface area contributed by atoms with E-state index in [9.17, 15) is 4.79 Å². The lowest BCUT2D eigenvalue weighted by atomic mass is 9.52. The number of benzene rings is 2. The normalized spacial score (nSPS) is 26.0. The van der Waals surface area contributed by atoms with Crippen LogP contribution >= 0.6 is 0 Å². The molecule has 1 atom stereocenters. The number of carbonyl (C=O) groups is 1. The standard InChI is InChI=1S/C21H19N3O/c1-21(20(25)23-18-10-11-22-24-18)12-17-13-6-2-4-8-15(13)19(21)16-9-5-3-7-14(16)17/h2-11,17,19H,12H2,1H3,(H2,22,23,24,25)/t17?,19?,21-/m1/s1. The van der Waals surface area contributed by atoms with Crippen LogP contribution in [-0.2, 0) is 4.79 Å². The van der Waals surface area contributed by atoms with Gasteiger partial charge in [0, 0.05) is 17.9 Å². The van der Waals surface area contributed by atoms with Crippen molar-refractivity contribution in [2.45, 2.75) is 25.2 Å². The van der Waals surface area contributed by atoms with Crippen LogP contribution < -0.4 is 5.32 Å². The number of rotatable bonds is 2. The lowest BCUT2D eigenvalue weighted by Crippen LogP contribution is -2.47. The molecule has 2 bridgehead atoms. The summed E-state index contributed by atoms with van der Waals surface area (Å²) in [6.45, 7) is 2.10. The summed E-state index contributed by atoms with van der Waals surface area (Å²) in [7, 11) is 0. The predicted molar refractivity (Wildman–Crippen MR) is 96.5 cm³/mol. The second-order valence-electron chi connectivity index (χ2n) is 7.29. The number of nitrogens with one attached hydrogen (secondary N) is 2. The van der Waals surface area contributed by atoms with Gasteiger partial charge in [0.25, 0.3) is 0 Å². The zero-order valence-electron chi connectivity index (χ0n) is 14.0. The van der Waals surface area contributed by atoms with Gasteiger partial charge in [-0.15, -0.1) is 0 Å². The fraction of sp³-hybridized carbons (Fsp3) is 0.238. The van der Waals surface area contributed by atoms with E-state index in [4.69, 9.17) is 0 Å². The van der Waals surface area contributed by atoms with Crippen molar-refractivity contribution in [2.75, 3.05) is 5.32 Å². The summed E-state index contributed by atoms with van der Waals surface area (Å²) >= 11 is 0. The minimum absolute atomic E-state index is 0.0516. The van der Waals surface area contributed by atoms with Crippen molar-refractivity contribution < 1.29 is 4.79 Å². The zero-order valence-corrected chi connectivity index (χ0v) is 14.0. The van der Waals surface area contributed by atoms with Gasteiger partial charge in [0.15, 0.2) is 0 Å². The number of hydrogen-bond donors (Lipinski definition) is 2. The second-order valence-corrected chi connectivity index (χ2v) is 7.29. The quantitative estimate of drug-likeness (QED) is 0.745. The van der Waals surface area contributed by atoms with Gasteiger partial charge in [0.05, 0.1) is 11.6 Å². The maximum absolute atomic E-state index is 13.2. The van der Waals surface area contributed by atoms with Crippen molar-refractivity contribution in [1.82, 2.24) is 10.2 Å². The van der Waals surface area contributed by atoms with Crippen LogP contribution in [-0.4, -0.2) is 16.1 Å². The molecule has 0 spiro atoms. The van der Waals surface area contributed by atoms with E-state index in [0.29, 0.717) is 5.82 Å². The molecule has 25 heavy (non-hydrogen) atoms. The molecule has 0 unspecified atom stereocenters. The van der Waals surface area contributed by atoms with Gasteiger partial charge >= 0.3 is 0 Å². The van der Waals surface area contributed by atoms with E-state index < -0.39 is 5.41 Å². The lowest BCUT2D eigenvalue weighted by Gasteiger charge is -2.50. The first-order valence-electron chi connectivity index (χ1n) is 8.67. The van der Waals surface area contributed by atoms with Crippen molar-refractivity contribution in [1.29, 1.82) is 0 Å². The highest BCUT2D eigenvalue weighted by molar-refractivity contribution is 5.96. The monoisotopic (exact) mass is 329 g/mol. The van der Waals surface area contributed by atoms with Gasteiger partial charge in [-0.05, 0) is 35.6 Å². The molecule has 0 saturated carbocycles. The highest BCUT2D eigenvalue weighted by Crippen LogP contribution is 2.61. The number of amides is 1. The molecule has 1 heterocycles. The van der Waals surface area contributed by atoms with E-state index in [2.05, 4.69) is 71.0 Å². The highest BCUT2D eigenvalue weighted by Gasteiger charge is 2.53. The van der Waals surface area contributed by atoms with Crippen LogP contribution in [0.25, 0.3) is 0 Å². The third-order valence-corrected chi connectivity index (χ3v) is 5.90. The van der Waals surface area contributed by atoms with Crippen LogP contribution in [0.1, 0.15) is 47.4 Å². The van der Waals surface area contributed by atoms with E-state index in [0.717, 1.165) is 6.42 Å². The molecule has 0 saturated heterocycles. The van der Waals surface area contributed by atoms with Gasteiger partial charge in [0.2, 0.25) is 5.91 Å². The Morgan fingerprint density at radius 2 is 1.64 bits per heavy atom. The average molecular weight is 329 g/mol. The Kier molecular flexibility index (Phi) is 2.93. The topological polar surface area (TPSA) is 57.8 Å². The van der Waals surface area contributed by atoms with Gasteiger partial charge < -0.3 is 5.32 Å². The van der Waals surface area contributed by atoms with Crippen LogP contribution in [0.5, 0.6) is 0 Å². The van der Waals surface area contributed by atoms with E-state index in [-0.39, 0.29) is 17.7 Å². The lowest BCUT2D eigenvalue weighted by molar-refractivity contribution is -0.126. The molecule has 0 aliphatic heterocycles. The first-order valence-corrected chi connectivity index (χ1v) is 8.67. The number of aromatic nitrogens is 2. The average Bonchev–Trinajstić information content (AvgIpc) is 3.15. The summed E-state index contributed by atoms with van der Waals surface area (Å²) in [5.41, 5.74) is 4.84. The van der Waals surface area contributed by atoms with Gasteiger partial charge in [-0.1, -0.05) is 48.5 Å². The van der Waals surface area contributed by atoms with Crippen molar-refractivity contribution in [3.8, 4) is 0 Å². The minimum Gasteiger partial charge on any atom is -0.311 e. The van der Waals surface area contributed by atoms with Crippen molar-refractivity contribution >= 4 is 11.7 Å². The maximum Gasteiger partial charge on any atom is 0.232 e. The third kappa shape index (κ3) is 1.94. The summed E-state index contributed by atoms with van der Waals surface area (Å²) in [6, 6.07) is 18.9. The Hall–Kier alpha value is -2.88. The summed E-state index contributed by atoms with van der Waals surface area (Å²) in [5.74, 6) is 1.05. The number of nitrogens with zero attached hydrogens (tertiary/aromatic N) is 1. The number of carbonyl (C=O) groups excluding carboxylic acids is 1. The third-order valence-electron chi connectivity index (χ3n) is 5.90. The van der Waals surface area contributed by atoms with E-state index in [1.54, 1.807) is 12.3 Å². The molecule has 124 valence electrons. The highest BCUT2D eigenvalue weighted by atomic mass is 16.2. The van der Waals surface area contributed by atoms with E-state index >= 15 is 0 Å². The minimum atomic E-state index is -0.488. The van der Waals surface area contributed by atoms with Crippen LogP contribution in [0.2, 0.25) is 0 Å². The fourth-order valence-electron chi connectivity index (χ4n) is 4.78. The number of fused-ring (bicyclic) bond motifs is 1. The Morgan fingerprint density at radius 3 is 2.20 bits per heavy atom. The molecule has 3 aromatic rings. The largest absolute Gasteiger partial charge is 0.311 e. The summed E-state index contributed by atoms with van der Waals surface area (Å²) in [5, 5.41) is 9.77. The number of hydrogen-bond acceptors (Lipinski definition) is 2. The van der Waals surface area contributed by atoms with Crippen LogP contribution in [0.15, 0.2) is 60.8 Å². The summed E-state index contributed by atoms with van der Waals surface area (Å²) < 4.78 is 0. The Bertz CT molecular complexity index is 915. The molecule has 0 radical (unpaired) electrons. The van der Waals surface area contributed by atoms with Crippen molar-refractivity contribution in [3.63, 3.8) is 0 Å². The molecule has 2 N–H and O–H groups in total. The van der Waals surface area contributed by atoms with Gasteiger partial charge in [-0.3, -0.25) is 9.89 Å². The molecular formula is C21H19N3O. The number of anilines is 1. The molecule has 3 aliphatic carbocycles. The Morgan fingerprint density at radius 1 is 1.04 bits per heavy atom. The predicted octanol–water partition coefficient (Wildman–Crippen LogP) is 4.04. The zero-order chi connectivity index (χ0) is 17.0. The van der Waals surface area contributed by atoms with Crippen LogP contribution in [0.3, 0.4) is 0 Å². The first-order chi connectivity index (χ1) is 12.2. The van der Waals surface area contributed by atoms with Gasteiger partial charge in [-0.25, -0.2) is 0 Å². The number of aromatic amines is 1. The van der Waals surface area contributed by atoms with Crippen molar-refractivity contribution in [3.05, 3.63) is 83.0 Å². The molecule has 3 aliphatic rings. The molecule has 6 rings (SSSR count). The molecule has 4 nitrogen and oxygen atoms in total.